The van der Waals surface area contributed by atoms with Gasteiger partial charge in [0.25, 0.3) is 5.91 Å². The van der Waals surface area contributed by atoms with Crippen LogP contribution >= 0.6 is 0 Å². The summed E-state index contributed by atoms with van der Waals surface area (Å²) in [6, 6.07) is 10.6. The number of morpholine rings is 1. The van der Waals surface area contributed by atoms with E-state index in [2.05, 4.69) is 47.6 Å². The quantitative estimate of drug-likeness (QED) is 0.884. The molecule has 5 nitrogen and oxygen atoms in total. The summed E-state index contributed by atoms with van der Waals surface area (Å²) in [4.78, 5) is 16.9. The Balaban J connectivity index is 1.40. The van der Waals surface area contributed by atoms with Gasteiger partial charge in [0.1, 0.15) is 6.10 Å². The number of ether oxygens (including phenoxy) is 1. The van der Waals surface area contributed by atoms with E-state index in [1.807, 2.05) is 4.90 Å². The minimum atomic E-state index is -0.281. The normalized spacial score (nSPS) is 22.8. The number of hydrogen-bond donors (Lipinski definition) is 1. The van der Waals surface area contributed by atoms with Crippen LogP contribution in [0.3, 0.4) is 0 Å². The van der Waals surface area contributed by atoms with Gasteiger partial charge in [0.2, 0.25) is 0 Å². The van der Waals surface area contributed by atoms with Crippen LogP contribution in [-0.2, 0) is 16.1 Å². The fourth-order valence-corrected chi connectivity index (χ4v) is 3.66. The van der Waals surface area contributed by atoms with Crippen LogP contribution in [0.5, 0.6) is 0 Å². The summed E-state index contributed by atoms with van der Waals surface area (Å²) in [5, 5.41) is 3.23. The van der Waals surface area contributed by atoms with Crippen molar-refractivity contribution in [3.63, 3.8) is 0 Å². The Morgan fingerprint density at radius 3 is 2.71 bits per heavy atom. The second-order valence-corrected chi connectivity index (χ2v) is 7.01. The molecule has 5 heteroatoms. The Morgan fingerprint density at radius 1 is 1.29 bits per heavy atom. The van der Waals surface area contributed by atoms with Crippen molar-refractivity contribution in [3.8, 4) is 0 Å². The molecule has 2 heterocycles. The third-order valence-electron chi connectivity index (χ3n) is 4.99. The van der Waals surface area contributed by atoms with Gasteiger partial charge in [0.15, 0.2) is 0 Å². The number of hydrogen-bond acceptors (Lipinski definition) is 4. The van der Waals surface area contributed by atoms with Crippen molar-refractivity contribution in [2.75, 3.05) is 46.4 Å². The maximum Gasteiger partial charge on any atom is 0.253 e. The molecular weight excluding hydrogens is 302 g/mol. The lowest BCUT2D eigenvalue weighted by Crippen LogP contribution is -2.51. The van der Waals surface area contributed by atoms with Gasteiger partial charge < -0.3 is 19.9 Å². The van der Waals surface area contributed by atoms with E-state index in [-0.39, 0.29) is 12.0 Å². The minimum absolute atomic E-state index is 0.165. The molecule has 1 amide bonds. The molecule has 1 unspecified atom stereocenters. The largest absolute Gasteiger partial charge is 0.366 e. The summed E-state index contributed by atoms with van der Waals surface area (Å²) < 4.78 is 5.59. The molecule has 1 atom stereocenters. The van der Waals surface area contributed by atoms with Crippen LogP contribution in [0.1, 0.15) is 18.4 Å². The Kier molecular flexibility index (Phi) is 6.24. The molecular formula is C19H29N3O2. The first-order valence-electron chi connectivity index (χ1n) is 9.06. The van der Waals surface area contributed by atoms with E-state index >= 15 is 0 Å². The minimum Gasteiger partial charge on any atom is -0.366 e. The molecule has 1 aromatic carbocycles. The first kappa shape index (κ1) is 17.4. The highest BCUT2D eigenvalue weighted by molar-refractivity contribution is 5.81. The summed E-state index contributed by atoms with van der Waals surface area (Å²) >= 11 is 0. The molecule has 0 aliphatic carbocycles. The van der Waals surface area contributed by atoms with Gasteiger partial charge in [-0.05, 0) is 31.4 Å². The summed E-state index contributed by atoms with van der Waals surface area (Å²) in [6.07, 6.45) is 1.90. The Morgan fingerprint density at radius 2 is 2.04 bits per heavy atom. The third kappa shape index (κ3) is 4.79. The van der Waals surface area contributed by atoms with Gasteiger partial charge >= 0.3 is 0 Å². The van der Waals surface area contributed by atoms with Gasteiger partial charge in [0.05, 0.1) is 6.61 Å². The van der Waals surface area contributed by atoms with Crippen molar-refractivity contribution in [2.45, 2.75) is 25.5 Å². The number of benzene rings is 1. The van der Waals surface area contributed by atoms with E-state index in [0.29, 0.717) is 19.1 Å². The average Bonchev–Trinajstić information content (AvgIpc) is 2.63. The molecule has 0 spiro atoms. The molecule has 0 aromatic heterocycles. The monoisotopic (exact) mass is 331 g/mol. The molecule has 1 N–H and O–H groups in total. The van der Waals surface area contributed by atoms with E-state index < -0.39 is 0 Å². The predicted molar refractivity (Wildman–Crippen MR) is 94.7 cm³/mol. The molecule has 24 heavy (non-hydrogen) atoms. The zero-order valence-electron chi connectivity index (χ0n) is 14.6. The SMILES string of the molecule is CN(Cc1ccccc1)CC1CCN(C(=O)C2CNCCO2)CC1. The number of piperidine rings is 1. The van der Waals surface area contributed by atoms with Gasteiger partial charge in [-0.3, -0.25) is 4.79 Å². The van der Waals surface area contributed by atoms with Gasteiger partial charge in [-0.25, -0.2) is 0 Å². The maximum atomic E-state index is 12.5. The van der Waals surface area contributed by atoms with Crippen molar-refractivity contribution < 1.29 is 9.53 Å². The van der Waals surface area contributed by atoms with E-state index in [0.717, 1.165) is 45.6 Å². The van der Waals surface area contributed by atoms with E-state index in [4.69, 9.17) is 4.74 Å². The smallest absolute Gasteiger partial charge is 0.253 e. The lowest BCUT2D eigenvalue weighted by Gasteiger charge is -2.36. The van der Waals surface area contributed by atoms with Gasteiger partial charge in [0, 0.05) is 39.3 Å². The number of amides is 1. The molecule has 2 fully saturated rings. The van der Waals surface area contributed by atoms with Crippen LogP contribution in [0, 0.1) is 5.92 Å². The molecule has 0 radical (unpaired) electrons. The Labute approximate surface area is 145 Å². The fraction of sp³-hybridized carbons (Fsp3) is 0.632. The van der Waals surface area contributed by atoms with E-state index in [1.165, 1.54) is 5.56 Å². The number of rotatable bonds is 5. The predicted octanol–water partition coefficient (Wildman–Crippen LogP) is 1.35. The van der Waals surface area contributed by atoms with Crippen molar-refractivity contribution >= 4 is 5.91 Å². The molecule has 2 aliphatic heterocycles. The van der Waals surface area contributed by atoms with Crippen LogP contribution in [0.25, 0.3) is 0 Å². The molecule has 2 aliphatic rings. The third-order valence-corrected chi connectivity index (χ3v) is 4.99. The molecule has 132 valence electrons. The number of carbonyl (C=O) groups excluding carboxylic acids is 1. The zero-order chi connectivity index (χ0) is 16.8. The first-order chi connectivity index (χ1) is 11.7. The van der Waals surface area contributed by atoms with Crippen LogP contribution in [-0.4, -0.2) is 68.2 Å². The van der Waals surface area contributed by atoms with E-state index in [1.54, 1.807) is 0 Å². The van der Waals surface area contributed by atoms with Crippen LogP contribution in [0.15, 0.2) is 30.3 Å². The Hall–Kier alpha value is -1.43. The van der Waals surface area contributed by atoms with Crippen molar-refractivity contribution in [2.24, 2.45) is 5.92 Å². The lowest BCUT2D eigenvalue weighted by molar-refractivity contribution is -0.146. The first-order valence-corrected chi connectivity index (χ1v) is 9.06. The number of likely N-dealkylation sites (tertiary alicyclic amines) is 1. The zero-order valence-corrected chi connectivity index (χ0v) is 14.6. The highest BCUT2D eigenvalue weighted by Gasteiger charge is 2.30. The summed E-state index contributed by atoms with van der Waals surface area (Å²) in [6.45, 7) is 5.94. The van der Waals surface area contributed by atoms with Crippen LogP contribution < -0.4 is 5.32 Å². The topological polar surface area (TPSA) is 44.8 Å². The summed E-state index contributed by atoms with van der Waals surface area (Å²) in [5.41, 5.74) is 1.36. The van der Waals surface area contributed by atoms with Gasteiger partial charge in [-0.1, -0.05) is 30.3 Å². The second-order valence-electron chi connectivity index (χ2n) is 7.01. The van der Waals surface area contributed by atoms with Gasteiger partial charge in [-0.2, -0.15) is 0 Å². The standard InChI is InChI=1S/C19H29N3O2/c1-21(14-16-5-3-2-4-6-16)15-17-7-10-22(11-8-17)19(23)18-13-20-9-12-24-18/h2-6,17-18,20H,7-15H2,1H3. The number of carbonyl (C=O) groups is 1. The average molecular weight is 331 g/mol. The number of nitrogens with zero attached hydrogens (tertiary/aromatic N) is 2. The van der Waals surface area contributed by atoms with Gasteiger partial charge in [-0.15, -0.1) is 0 Å². The molecule has 0 bridgehead atoms. The molecule has 2 saturated heterocycles. The highest BCUT2D eigenvalue weighted by Crippen LogP contribution is 2.20. The maximum absolute atomic E-state index is 12.5. The van der Waals surface area contributed by atoms with E-state index in [9.17, 15) is 4.79 Å². The second kappa shape index (κ2) is 8.60. The molecule has 0 saturated carbocycles. The summed E-state index contributed by atoms with van der Waals surface area (Å²) in [5.74, 6) is 0.839. The summed E-state index contributed by atoms with van der Waals surface area (Å²) in [7, 11) is 2.19. The fourth-order valence-electron chi connectivity index (χ4n) is 3.66. The number of nitrogens with one attached hydrogen (secondary N) is 1. The molecule has 1 aromatic rings. The Bertz CT molecular complexity index is 509. The van der Waals surface area contributed by atoms with Crippen LogP contribution in [0.4, 0.5) is 0 Å². The van der Waals surface area contributed by atoms with Crippen molar-refractivity contribution in [3.05, 3.63) is 35.9 Å². The molecule has 3 rings (SSSR count). The van der Waals surface area contributed by atoms with Crippen LogP contribution in [0.2, 0.25) is 0 Å². The lowest BCUT2D eigenvalue weighted by atomic mass is 9.95. The highest BCUT2D eigenvalue weighted by atomic mass is 16.5. The van der Waals surface area contributed by atoms with Crippen molar-refractivity contribution in [1.29, 1.82) is 0 Å². The van der Waals surface area contributed by atoms with Crippen molar-refractivity contribution in [1.82, 2.24) is 15.1 Å².